The summed E-state index contributed by atoms with van der Waals surface area (Å²) >= 11 is 0. The van der Waals surface area contributed by atoms with E-state index in [0.717, 1.165) is 0 Å². The normalized spacial score (nSPS) is 10.7. The van der Waals surface area contributed by atoms with Crippen molar-refractivity contribution >= 4 is 0 Å². The molecule has 19 heavy (non-hydrogen) atoms. The lowest BCUT2D eigenvalue weighted by atomic mass is 10.1. The van der Waals surface area contributed by atoms with Gasteiger partial charge in [0.1, 0.15) is 5.82 Å². The molecule has 1 aromatic carbocycles. The van der Waals surface area contributed by atoms with E-state index < -0.39 is 18.8 Å². The lowest BCUT2D eigenvalue weighted by molar-refractivity contribution is 0.0970. The minimum atomic E-state index is -2.43. The molecule has 1 rings (SSSR count). The minimum Gasteiger partial charge on any atom is -0.395 e. The zero-order valence-electron chi connectivity index (χ0n) is 10.7. The Hall–Kier alpha value is -1.51. The Labute approximate surface area is 110 Å². The molecule has 1 aromatic rings. The van der Waals surface area contributed by atoms with Crippen molar-refractivity contribution in [2.75, 3.05) is 20.2 Å². The molecule has 1 N–H and O–H groups in total. The van der Waals surface area contributed by atoms with Crippen LogP contribution in [0.2, 0.25) is 0 Å². The van der Waals surface area contributed by atoms with Crippen LogP contribution in [0.15, 0.2) is 18.2 Å². The fourth-order valence-electron chi connectivity index (χ4n) is 1.56. The van der Waals surface area contributed by atoms with Crippen LogP contribution in [0.25, 0.3) is 0 Å². The maximum atomic E-state index is 13.7. The van der Waals surface area contributed by atoms with Crippen LogP contribution < -0.4 is 0 Å². The monoisotopic (exact) mass is 271 g/mol. The summed E-state index contributed by atoms with van der Waals surface area (Å²) < 4.78 is 38.0. The highest BCUT2D eigenvalue weighted by Gasteiger charge is 2.10. The average Bonchev–Trinajstić information content (AvgIpc) is 2.32. The van der Waals surface area contributed by atoms with Gasteiger partial charge in [-0.1, -0.05) is 17.9 Å². The van der Waals surface area contributed by atoms with Crippen molar-refractivity contribution in [2.45, 2.75) is 19.4 Å². The van der Waals surface area contributed by atoms with E-state index in [4.69, 9.17) is 5.11 Å². The summed E-state index contributed by atoms with van der Waals surface area (Å²) in [6.45, 7) is -0.302. The number of halogens is 3. The number of aliphatic hydroxyl groups excluding tert-OH is 1. The number of hydrogen-bond acceptors (Lipinski definition) is 2. The van der Waals surface area contributed by atoms with Gasteiger partial charge in [-0.2, -0.15) is 0 Å². The largest absolute Gasteiger partial charge is 0.395 e. The second kappa shape index (κ2) is 7.82. The quantitative estimate of drug-likeness (QED) is 0.830. The number of benzene rings is 1. The Morgan fingerprint density at radius 2 is 2.11 bits per heavy atom. The first kappa shape index (κ1) is 15.5. The SMILES string of the molecule is CN(Cc1ccc(C#CCCO)cc1F)CC(F)F. The van der Waals surface area contributed by atoms with E-state index in [1.54, 1.807) is 12.1 Å². The molecule has 0 amide bonds. The standard InChI is InChI=1S/C14H16F3NO/c1-18(10-14(16)17)9-12-6-5-11(8-13(12)15)4-2-3-7-19/h5-6,8,14,19H,3,7,9-10H2,1H3. The molecule has 0 spiro atoms. The molecule has 2 nitrogen and oxygen atoms in total. The van der Waals surface area contributed by atoms with Gasteiger partial charge in [0.15, 0.2) is 0 Å². The molecule has 0 aliphatic carbocycles. The van der Waals surface area contributed by atoms with E-state index in [1.165, 1.54) is 18.0 Å². The molecule has 0 bridgehead atoms. The maximum absolute atomic E-state index is 13.7. The predicted octanol–water partition coefficient (Wildman–Crippen LogP) is 2.26. The van der Waals surface area contributed by atoms with Crippen LogP contribution in [0.1, 0.15) is 17.5 Å². The third-order valence-electron chi connectivity index (χ3n) is 2.41. The fourth-order valence-corrected chi connectivity index (χ4v) is 1.56. The first-order chi connectivity index (χ1) is 9.02. The zero-order valence-corrected chi connectivity index (χ0v) is 10.7. The van der Waals surface area contributed by atoms with Gasteiger partial charge in [-0.3, -0.25) is 4.90 Å². The third kappa shape index (κ3) is 5.77. The lowest BCUT2D eigenvalue weighted by Crippen LogP contribution is -2.24. The second-order valence-corrected chi connectivity index (χ2v) is 4.17. The smallest absolute Gasteiger partial charge is 0.251 e. The molecule has 0 aliphatic rings. The molecule has 104 valence electrons. The Morgan fingerprint density at radius 3 is 2.68 bits per heavy atom. The first-order valence-electron chi connectivity index (χ1n) is 5.87. The third-order valence-corrected chi connectivity index (χ3v) is 2.41. The second-order valence-electron chi connectivity index (χ2n) is 4.17. The van der Waals surface area contributed by atoms with Crippen LogP contribution >= 0.6 is 0 Å². The van der Waals surface area contributed by atoms with Crippen molar-refractivity contribution in [1.29, 1.82) is 0 Å². The van der Waals surface area contributed by atoms with Gasteiger partial charge >= 0.3 is 0 Å². The summed E-state index contributed by atoms with van der Waals surface area (Å²) in [7, 11) is 1.51. The Morgan fingerprint density at radius 1 is 1.37 bits per heavy atom. The van der Waals surface area contributed by atoms with E-state index in [-0.39, 0.29) is 13.2 Å². The van der Waals surface area contributed by atoms with Crippen molar-refractivity contribution in [3.63, 3.8) is 0 Å². The van der Waals surface area contributed by atoms with Gasteiger partial charge in [0.25, 0.3) is 6.43 Å². The molecule has 0 atom stereocenters. The van der Waals surface area contributed by atoms with Crippen LogP contribution in [0, 0.1) is 17.7 Å². The van der Waals surface area contributed by atoms with Gasteiger partial charge in [-0.15, -0.1) is 0 Å². The number of aliphatic hydroxyl groups is 1. The van der Waals surface area contributed by atoms with Gasteiger partial charge in [-0.05, 0) is 19.2 Å². The molecule has 0 radical (unpaired) electrons. The predicted molar refractivity (Wildman–Crippen MR) is 67.3 cm³/mol. The van der Waals surface area contributed by atoms with Crippen LogP contribution in [-0.4, -0.2) is 36.6 Å². The zero-order chi connectivity index (χ0) is 14.3. The van der Waals surface area contributed by atoms with Crippen molar-refractivity contribution in [3.05, 3.63) is 35.1 Å². The maximum Gasteiger partial charge on any atom is 0.251 e. The molecule has 0 aromatic heterocycles. The van der Waals surface area contributed by atoms with Gasteiger partial charge in [-0.25, -0.2) is 13.2 Å². The van der Waals surface area contributed by atoms with Gasteiger partial charge < -0.3 is 5.11 Å². The number of rotatable bonds is 5. The summed E-state index contributed by atoms with van der Waals surface area (Å²) in [5, 5.41) is 8.57. The molecule has 5 heteroatoms. The average molecular weight is 271 g/mol. The number of nitrogens with zero attached hydrogens (tertiary/aromatic N) is 1. The first-order valence-corrected chi connectivity index (χ1v) is 5.87. The van der Waals surface area contributed by atoms with E-state index in [9.17, 15) is 13.2 Å². The molecule has 0 unspecified atom stereocenters. The van der Waals surface area contributed by atoms with E-state index in [0.29, 0.717) is 17.5 Å². The van der Waals surface area contributed by atoms with E-state index in [2.05, 4.69) is 11.8 Å². The molecule has 0 saturated heterocycles. The molecule has 0 saturated carbocycles. The molecule has 0 aliphatic heterocycles. The minimum absolute atomic E-state index is 0.0357. The molecular weight excluding hydrogens is 255 g/mol. The lowest BCUT2D eigenvalue weighted by Gasteiger charge is -2.16. The van der Waals surface area contributed by atoms with Gasteiger partial charge in [0.05, 0.1) is 13.2 Å². The van der Waals surface area contributed by atoms with Crippen LogP contribution in [0.5, 0.6) is 0 Å². The Bertz CT molecular complexity index is 465. The van der Waals surface area contributed by atoms with Crippen molar-refractivity contribution in [1.82, 2.24) is 4.90 Å². The van der Waals surface area contributed by atoms with Crippen molar-refractivity contribution in [2.24, 2.45) is 0 Å². The summed E-state index contributed by atoms with van der Waals surface area (Å²) in [5.41, 5.74) is 0.863. The Kier molecular flexibility index (Phi) is 6.40. The van der Waals surface area contributed by atoms with E-state index in [1.807, 2.05) is 0 Å². The fraction of sp³-hybridized carbons (Fsp3) is 0.429. The number of hydrogen-bond donors (Lipinski definition) is 1. The van der Waals surface area contributed by atoms with E-state index >= 15 is 0 Å². The van der Waals surface area contributed by atoms with Gasteiger partial charge in [0.2, 0.25) is 0 Å². The summed E-state index contributed by atoms with van der Waals surface area (Å²) in [4.78, 5) is 1.36. The van der Waals surface area contributed by atoms with Crippen LogP contribution in [0.3, 0.4) is 0 Å². The Balaban J connectivity index is 2.70. The topological polar surface area (TPSA) is 23.5 Å². The van der Waals surface area contributed by atoms with Gasteiger partial charge in [0, 0.05) is 24.1 Å². The summed E-state index contributed by atoms with van der Waals surface area (Å²) in [6.07, 6.45) is -2.10. The van der Waals surface area contributed by atoms with Crippen LogP contribution in [-0.2, 0) is 6.54 Å². The highest BCUT2D eigenvalue weighted by molar-refractivity contribution is 5.37. The molecule has 0 fully saturated rings. The summed E-state index contributed by atoms with van der Waals surface area (Å²) in [6, 6.07) is 4.45. The molecular formula is C14H16F3NO. The van der Waals surface area contributed by atoms with Crippen molar-refractivity contribution in [3.8, 4) is 11.8 Å². The highest BCUT2D eigenvalue weighted by Crippen LogP contribution is 2.12. The molecule has 0 heterocycles. The van der Waals surface area contributed by atoms with Crippen LogP contribution in [0.4, 0.5) is 13.2 Å². The summed E-state index contributed by atoms with van der Waals surface area (Å²) in [5.74, 6) is 4.94. The highest BCUT2D eigenvalue weighted by atomic mass is 19.3. The number of alkyl halides is 2. The van der Waals surface area contributed by atoms with Crippen molar-refractivity contribution < 1.29 is 18.3 Å².